The van der Waals surface area contributed by atoms with Crippen molar-refractivity contribution < 1.29 is 4.79 Å². The second kappa shape index (κ2) is 7.09. The second-order valence-electron chi connectivity index (χ2n) is 5.85. The number of carbonyl (C=O) groups is 1. The first kappa shape index (κ1) is 15.9. The number of carbonyl (C=O) groups excluding carboxylic acids is 1. The summed E-state index contributed by atoms with van der Waals surface area (Å²) in [5, 5.41) is 3.11. The number of amides is 1. The van der Waals surface area contributed by atoms with E-state index in [4.69, 9.17) is 0 Å². The van der Waals surface area contributed by atoms with Crippen LogP contribution in [0, 0.1) is 6.92 Å². The Balaban J connectivity index is 1.86. The fourth-order valence-electron chi connectivity index (χ4n) is 2.98. The van der Waals surface area contributed by atoms with Crippen LogP contribution in [-0.4, -0.2) is 25.3 Å². The molecule has 1 aliphatic rings. The maximum Gasteiger partial charge on any atom is 0.256 e. The standard InChI is InChI=1S/C19H22N2OS/c1-14-9-10-15(23-2)13-16(14)19(22)20-17-7-3-4-8-18(17)21-11-5-6-12-21/h3-4,7-10,13H,5-6,11-12H2,1-2H3,(H,20,22). The highest BCUT2D eigenvalue weighted by atomic mass is 32.2. The van der Waals surface area contributed by atoms with Crippen LogP contribution in [0.3, 0.4) is 0 Å². The lowest BCUT2D eigenvalue weighted by Crippen LogP contribution is -2.21. The van der Waals surface area contributed by atoms with Crippen molar-refractivity contribution in [3.8, 4) is 0 Å². The van der Waals surface area contributed by atoms with Crippen molar-refractivity contribution in [3.63, 3.8) is 0 Å². The molecule has 0 atom stereocenters. The van der Waals surface area contributed by atoms with E-state index in [1.165, 1.54) is 12.8 Å². The maximum absolute atomic E-state index is 12.7. The van der Waals surface area contributed by atoms with Crippen molar-refractivity contribution in [1.82, 2.24) is 0 Å². The van der Waals surface area contributed by atoms with Crippen molar-refractivity contribution in [2.24, 2.45) is 0 Å². The molecule has 120 valence electrons. The molecule has 4 heteroatoms. The highest BCUT2D eigenvalue weighted by Gasteiger charge is 2.17. The molecule has 0 saturated carbocycles. The van der Waals surface area contributed by atoms with Gasteiger partial charge in [-0.05, 0) is 55.9 Å². The van der Waals surface area contributed by atoms with Gasteiger partial charge >= 0.3 is 0 Å². The minimum atomic E-state index is -0.0370. The Morgan fingerprint density at radius 2 is 1.87 bits per heavy atom. The topological polar surface area (TPSA) is 32.3 Å². The van der Waals surface area contributed by atoms with Crippen molar-refractivity contribution in [3.05, 3.63) is 53.6 Å². The van der Waals surface area contributed by atoms with Crippen LogP contribution in [0.2, 0.25) is 0 Å². The first-order chi connectivity index (χ1) is 11.2. The number of aryl methyl sites for hydroxylation is 1. The number of para-hydroxylation sites is 2. The minimum absolute atomic E-state index is 0.0370. The highest BCUT2D eigenvalue weighted by molar-refractivity contribution is 7.98. The monoisotopic (exact) mass is 326 g/mol. The molecule has 0 unspecified atom stereocenters. The van der Waals surface area contributed by atoms with E-state index in [1.54, 1.807) is 11.8 Å². The van der Waals surface area contributed by atoms with Crippen molar-refractivity contribution in [2.45, 2.75) is 24.7 Å². The van der Waals surface area contributed by atoms with E-state index in [-0.39, 0.29) is 5.91 Å². The Bertz CT molecular complexity index is 708. The molecule has 1 fully saturated rings. The van der Waals surface area contributed by atoms with Crippen LogP contribution in [0.5, 0.6) is 0 Å². The largest absolute Gasteiger partial charge is 0.370 e. The summed E-state index contributed by atoms with van der Waals surface area (Å²) in [6.07, 6.45) is 4.46. The van der Waals surface area contributed by atoms with Crippen molar-refractivity contribution in [1.29, 1.82) is 0 Å². The SMILES string of the molecule is CSc1ccc(C)c(C(=O)Nc2ccccc2N2CCCC2)c1. The smallest absolute Gasteiger partial charge is 0.256 e. The van der Waals surface area contributed by atoms with Gasteiger partial charge in [-0.1, -0.05) is 18.2 Å². The van der Waals surface area contributed by atoms with Gasteiger partial charge in [0.15, 0.2) is 0 Å². The van der Waals surface area contributed by atoms with Gasteiger partial charge in [0.05, 0.1) is 11.4 Å². The molecule has 2 aromatic carbocycles. The Morgan fingerprint density at radius 3 is 2.61 bits per heavy atom. The van der Waals surface area contributed by atoms with Crippen LogP contribution in [0.25, 0.3) is 0 Å². The van der Waals surface area contributed by atoms with Gasteiger partial charge in [-0.3, -0.25) is 4.79 Å². The van der Waals surface area contributed by atoms with E-state index in [1.807, 2.05) is 43.5 Å². The first-order valence-corrected chi connectivity index (χ1v) is 9.21. The lowest BCUT2D eigenvalue weighted by Gasteiger charge is -2.21. The van der Waals surface area contributed by atoms with Crippen LogP contribution >= 0.6 is 11.8 Å². The molecule has 2 aromatic rings. The lowest BCUT2D eigenvalue weighted by atomic mass is 10.1. The number of nitrogens with zero attached hydrogens (tertiary/aromatic N) is 1. The fourth-order valence-corrected chi connectivity index (χ4v) is 3.42. The van der Waals surface area contributed by atoms with Crippen LogP contribution in [0.1, 0.15) is 28.8 Å². The average molecular weight is 326 g/mol. The predicted octanol–water partition coefficient (Wildman–Crippen LogP) is 4.57. The highest BCUT2D eigenvalue weighted by Crippen LogP contribution is 2.29. The summed E-state index contributed by atoms with van der Waals surface area (Å²) < 4.78 is 0. The molecule has 1 amide bonds. The van der Waals surface area contributed by atoms with Crippen LogP contribution in [0.15, 0.2) is 47.4 Å². The Morgan fingerprint density at radius 1 is 1.13 bits per heavy atom. The maximum atomic E-state index is 12.7. The number of rotatable bonds is 4. The number of nitrogens with one attached hydrogen (secondary N) is 1. The first-order valence-electron chi connectivity index (χ1n) is 7.99. The molecule has 3 rings (SSSR count). The summed E-state index contributed by atoms with van der Waals surface area (Å²) in [4.78, 5) is 16.2. The summed E-state index contributed by atoms with van der Waals surface area (Å²) >= 11 is 1.65. The minimum Gasteiger partial charge on any atom is -0.370 e. The molecule has 23 heavy (non-hydrogen) atoms. The van der Waals surface area contributed by atoms with Gasteiger partial charge < -0.3 is 10.2 Å². The third-order valence-corrected chi connectivity index (χ3v) is 5.01. The molecular formula is C19H22N2OS. The van der Waals surface area contributed by atoms with Gasteiger partial charge in [0.1, 0.15) is 0 Å². The lowest BCUT2D eigenvalue weighted by molar-refractivity contribution is 0.102. The molecule has 3 nitrogen and oxygen atoms in total. The molecule has 1 saturated heterocycles. The zero-order valence-corrected chi connectivity index (χ0v) is 14.5. The third-order valence-electron chi connectivity index (χ3n) is 4.29. The number of anilines is 2. The fraction of sp³-hybridized carbons (Fsp3) is 0.316. The number of hydrogen-bond donors (Lipinski definition) is 1. The van der Waals surface area contributed by atoms with E-state index >= 15 is 0 Å². The van der Waals surface area contributed by atoms with Gasteiger partial charge in [0, 0.05) is 23.5 Å². The molecule has 1 heterocycles. The molecule has 0 spiro atoms. The second-order valence-corrected chi connectivity index (χ2v) is 6.73. The van der Waals surface area contributed by atoms with Gasteiger partial charge in [-0.15, -0.1) is 11.8 Å². The van der Waals surface area contributed by atoms with E-state index < -0.39 is 0 Å². The van der Waals surface area contributed by atoms with Gasteiger partial charge in [0.25, 0.3) is 5.91 Å². The Labute approximate surface area is 142 Å². The van der Waals surface area contributed by atoms with Gasteiger partial charge in [-0.2, -0.15) is 0 Å². The van der Waals surface area contributed by atoms with Crippen molar-refractivity contribution in [2.75, 3.05) is 29.6 Å². The summed E-state index contributed by atoms with van der Waals surface area (Å²) in [5.74, 6) is -0.0370. The quantitative estimate of drug-likeness (QED) is 0.835. The molecule has 0 bridgehead atoms. The van der Waals surface area contributed by atoms with Crippen LogP contribution in [0.4, 0.5) is 11.4 Å². The molecule has 1 aliphatic heterocycles. The summed E-state index contributed by atoms with van der Waals surface area (Å²) in [5.41, 5.74) is 3.76. The summed E-state index contributed by atoms with van der Waals surface area (Å²) in [6, 6.07) is 14.1. The van der Waals surface area contributed by atoms with Crippen LogP contribution in [-0.2, 0) is 0 Å². The van der Waals surface area contributed by atoms with E-state index in [2.05, 4.69) is 22.3 Å². The molecule has 1 N–H and O–H groups in total. The molecular weight excluding hydrogens is 304 g/mol. The van der Waals surface area contributed by atoms with Gasteiger partial charge in [0.2, 0.25) is 0 Å². The Kier molecular flexibility index (Phi) is 4.91. The predicted molar refractivity (Wildman–Crippen MR) is 98.8 cm³/mol. The number of benzene rings is 2. The molecule has 0 aliphatic carbocycles. The summed E-state index contributed by atoms with van der Waals surface area (Å²) in [6.45, 7) is 4.10. The molecule has 0 aromatic heterocycles. The van der Waals surface area contributed by atoms with Crippen LogP contribution < -0.4 is 10.2 Å². The van der Waals surface area contributed by atoms with E-state index in [0.717, 1.165) is 40.5 Å². The number of thioether (sulfide) groups is 1. The Hall–Kier alpha value is -1.94. The average Bonchev–Trinajstić information content (AvgIpc) is 3.10. The normalized spacial score (nSPS) is 14.1. The van der Waals surface area contributed by atoms with E-state index in [0.29, 0.717) is 0 Å². The summed E-state index contributed by atoms with van der Waals surface area (Å²) in [7, 11) is 0. The van der Waals surface area contributed by atoms with Gasteiger partial charge in [-0.25, -0.2) is 0 Å². The third kappa shape index (κ3) is 3.53. The zero-order chi connectivity index (χ0) is 16.2. The zero-order valence-electron chi connectivity index (χ0n) is 13.6. The number of hydrogen-bond acceptors (Lipinski definition) is 3. The molecule has 0 radical (unpaired) electrons. The van der Waals surface area contributed by atoms with Crippen molar-refractivity contribution >= 4 is 29.0 Å². The van der Waals surface area contributed by atoms with E-state index in [9.17, 15) is 4.79 Å².